The summed E-state index contributed by atoms with van der Waals surface area (Å²) in [5.74, 6) is 0. The molecule has 61 heavy (non-hydrogen) atoms. The predicted molar refractivity (Wildman–Crippen MR) is 255 cm³/mol. The molecule has 0 spiro atoms. The first-order valence-corrected chi connectivity index (χ1v) is 21.3. The summed E-state index contributed by atoms with van der Waals surface area (Å²) in [5.41, 5.74) is 14.1. The summed E-state index contributed by atoms with van der Waals surface area (Å²) < 4.78 is 0. The minimum atomic E-state index is 0. The smallest absolute Gasteiger partial charge is 0.255 e. The molecule has 0 saturated heterocycles. The molecule has 0 aromatic carbocycles. The minimum absolute atomic E-state index is 0. The summed E-state index contributed by atoms with van der Waals surface area (Å²) in [6.45, 7) is 39.8. The van der Waals surface area contributed by atoms with Crippen LogP contribution in [0.1, 0.15) is 158 Å². The van der Waals surface area contributed by atoms with Crippen LogP contribution >= 0.6 is 0 Å². The van der Waals surface area contributed by atoms with Crippen molar-refractivity contribution in [3.8, 4) is 34.2 Å². The fourth-order valence-corrected chi connectivity index (χ4v) is 6.22. The van der Waals surface area contributed by atoms with E-state index in [1.165, 1.54) is 33.4 Å². The van der Waals surface area contributed by atoms with E-state index in [-0.39, 0.29) is 49.3 Å². The third-order valence-corrected chi connectivity index (χ3v) is 10.5. The second kappa shape index (κ2) is 19.6. The van der Waals surface area contributed by atoms with Crippen molar-refractivity contribution in [3.63, 3.8) is 0 Å². The van der Waals surface area contributed by atoms with E-state index < -0.39 is 0 Å². The van der Waals surface area contributed by atoms with E-state index in [0.29, 0.717) is 0 Å². The van der Waals surface area contributed by atoms with Gasteiger partial charge in [-0.15, -0.1) is 0 Å². The van der Waals surface area contributed by atoms with Gasteiger partial charge in [-0.2, -0.15) is 0 Å². The summed E-state index contributed by atoms with van der Waals surface area (Å²) in [6.07, 6.45) is 11.3. The van der Waals surface area contributed by atoms with Crippen molar-refractivity contribution < 1.29 is 16.8 Å². The molecule has 6 aromatic rings. The molecule has 6 nitrogen and oxygen atoms in total. The van der Waals surface area contributed by atoms with Crippen molar-refractivity contribution in [2.45, 2.75) is 157 Å². The van der Waals surface area contributed by atoms with E-state index in [4.69, 9.17) is 0 Å². The molecule has 6 aromatic heterocycles. The van der Waals surface area contributed by atoms with Crippen molar-refractivity contribution in [2.24, 2.45) is 0 Å². The molecule has 1 radical (unpaired) electrons. The number of aromatic nitrogens is 6. The van der Waals surface area contributed by atoms with Crippen molar-refractivity contribution in [1.29, 1.82) is 0 Å². The van der Waals surface area contributed by atoms with E-state index >= 15 is 0 Å². The molecule has 0 unspecified atom stereocenters. The van der Waals surface area contributed by atoms with Gasteiger partial charge in [0.2, 0.25) is 0 Å². The number of nitrogens with zero attached hydrogens (tertiary/aromatic N) is 6. The van der Waals surface area contributed by atoms with Crippen molar-refractivity contribution in [3.05, 3.63) is 143 Å². The molecular weight excluding hydrogens is 792 g/mol. The number of rotatable bonds is 3. The molecule has 0 bridgehead atoms. The summed E-state index contributed by atoms with van der Waals surface area (Å²) in [6, 6.07) is 25.4. The largest absolute Gasteiger partial charge is 2.00 e. The molecule has 0 aliphatic heterocycles. The van der Waals surface area contributed by atoms with Crippen molar-refractivity contribution in [2.75, 3.05) is 0 Å². The van der Waals surface area contributed by atoms with Crippen LogP contribution in [0.25, 0.3) is 34.2 Å². The zero-order chi connectivity index (χ0) is 44.9. The zero-order valence-corrected chi connectivity index (χ0v) is 41.4. The monoisotopic (exact) mass is 864 g/mol. The third-order valence-electron chi connectivity index (χ3n) is 10.5. The van der Waals surface area contributed by atoms with E-state index in [1.807, 2.05) is 37.2 Å². The molecule has 0 fully saturated rings. The average molecular weight is 864 g/mol. The molecule has 6 heterocycles. The Bertz CT molecular complexity index is 1910. The van der Waals surface area contributed by atoms with E-state index in [1.54, 1.807) is 0 Å². The molecule has 0 atom stereocenters. The maximum absolute atomic E-state index is 4.48. The maximum Gasteiger partial charge on any atom is 2.00 e. The molecular formula is C54H72CoN6+2. The summed E-state index contributed by atoms with van der Waals surface area (Å²) in [5, 5.41) is 0. The molecule has 7 heteroatoms. The Morgan fingerprint density at radius 1 is 0.230 bits per heavy atom. The zero-order valence-electron chi connectivity index (χ0n) is 40.4. The summed E-state index contributed by atoms with van der Waals surface area (Å²) >= 11 is 0. The third kappa shape index (κ3) is 14.8. The van der Waals surface area contributed by atoms with Crippen LogP contribution in [0.2, 0.25) is 0 Å². The maximum atomic E-state index is 4.48. The predicted octanol–water partition coefficient (Wildman–Crippen LogP) is 14.2. The van der Waals surface area contributed by atoms with Crippen LogP contribution in [0, 0.1) is 0 Å². The van der Waals surface area contributed by atoms with Gasteiger partial charge in [0.15, 0.2) is 0 Å². The van der Waals surface area contributed by atoms with E-state index in [0.717, 1.165) is 34.2 Å². The first-order chi connectivity index (χ1) is 27.5. The van der Waals surface area contributed by atoms with Gasteiger partial charge in [-0.1, -0.05) is 125 Å². The fourth-order valence-electron chi connectivity index (χ4n) is 6.22. The van der Waals surface area contributed by atoms with Gasteiger partial charge in [0.1, 0.15) is 0 Å². The molecule has 0 aliphatic rings. The van der Waals surface area contributed by atoms with Gasteiger partial charge in [0.25, 0.3) is 0 Å². The Balaban J connectivity index is 0.000000242. The first-order valence-electron chi connectivity index (χ1n) is 21.3. The van der Waals surface area contributed by atoms with Crippen molar-refractivity contribution >= 4 is 0 Å². The molecule has 0 amide bonds. The Morgan fingerprint density at radius 2 is 0.344 bits per heavy atom. The van der Waals surface area contributed by atoms with Gasteiger partial charge in [0.05, 0.1) is 34.2 Å². The second-order valence-corrected chi connectivity index (χ2v) is 22.1. The first kappa shape index (κ1) is 50.8. The van der Waals surface area contributed by atoms with Gasteiger partial charge in [-0.3, -0.25) is 29.9 Å². The molecule has 6 rings (SSSR count). The minimum Gasteiger partial charge on any atom is -0.255 e. The second-order valence-electron chi connectivity index (χ2n) is 22.1. The number of hydrogen-bond donors (Lipinski definition) is 0. The number of pyridine rings is 6. The normalized spacial score (nSPS) is 12.3. The van der Waals surface area contributed by atoms with E-state index in [2.05, 4.69) is 227 Å². The Labute approximate surface area is 379 Å². The van der Waals surface area contributed by atoms with Gasteiger partial charge in [0, 0.05) is 37.2 Å². The average Bonchev–Trinajstić information content (AvgIpc) is 3.17. The van der Waals surface area contributed by atoms with Gasteiger partial charge in [-0.25, -0.2) is 0 Å². The summed E-state index contributed by atoms with van der Waals surface area (Å²) in [4.78, 5) is 26.9. The van der Waals surface area contributed by atoms with Crippen LogP contribution in [0.3, 0.4) is 0 Å². The van der Waals surface area contributed by atoms with Crippen molar-refractivity contribution in [1.82, 2.24) is 29.9 Å². The standard InChI is InChI=1S/3C18H24N2.Co/c3*1-17(2,3)13-7-9-19-15(11-13)16-12-14(8-10-20-16)18(4,5)6;/h3*7-12H,1-6H3;/q;;;+2. The summed E-state index contributed by atoms with van der Waals surface area (Å²) in [7, 11) is 0. The Morgan fingerprint density at radius 3 is 0.443 bits per heavy atom. The molecule has 0 N–H and O–H groups in total. The van der Waals surface area contributed by atoms with Crippen LogP contribution in [-0.4, -0.2) is 29.9 Å². The quantitative estimate of drug-likeness (QED) is 0.176. The topological polar surface area (TPSA) is 77.3 Å². The Kier molecular flexibility index (Phi) is 16.3. The number of hydrogen-bond acceptors (Lipinski definition) is 6. The van der Waals surface area contributed by atoms with Gasteiger partial charge >= 0.3 is 16.8 Å². The SMILES string of the molecule is CC(C)(C)c1ccnc(-c2cc(C(C)(C)C)ccn2)c1.CC(C)(C)c1ccnc(-c2cc(C(C)(C)C)ccn2)c1.CC(C)(C)c1ccnc(-c2cc(C(C)(C)C)ccn2)c1.[Co+2]. The van der Waals surface area contributed by atoms with Gasteiger partial charge in [-0.05, 0) is 139 Å². The van der Waals surface area contributed by atoms with E-state index in [9.17, 15) is 0 Å². The van der Waals surface area contributed by atoms with Crippen LogP contribution in [0.5, 0.6) is 0 Å². The molecule has 325 valence electrons. The Hall–Kier alpha value is -4.59. The van der Waals surface area contributed by atoms with Crippen LogP contribution in [0.4, 0.5) is 0 Å². The van der Waals surface area contributed by atoms with Crippen LogP contribution in [-0.2, 0) is 49.3 Å². The molecule has 0 saturated carbocycles. The van der Waals surface area contributed by atoms with Gasteiger partial charge < -0.3 is 0 Å². The molecule has 0 aliphatic carbocycles. The fraction of sp³-hybridized carbons (Fsp3) is 0.444. The van der Waals surface area contributed by atoms with Crippen LogP contribution in [0.15, 0.2) is 110 Å². The van der Waals surface area contributed by atoms with Crippen LogP contribution < -0.4 is 0 Å².